The number of nitrogens with two attached hydrogens (primary N) is 1. The quantitative estimate of drug-likeness (QED) is 0.263. The lowest BCUT2D eigenvalue weighted by Gasteiger charge is -2.34. The van der Waals surface area contributed by atoms with Crippen molar-refractivity contribution in [2.75, 3.05) is 54.8 Å². The fourth-order valence-electron chi connectivity index (χ4n) is 5.58. The summed E-state index contributed by atoms with van der Waals surface area (Å²) in [5.74, 6) is -1.48. The normalized spacial score (nSPS) is 17.4. The summed E-state index contributed by atoms with van der Waals surface area (Å²) in [6.45, 7) is 1.88. The van der Waals surface area contributed by atoms with Crippen LogP contribution in [0.2, 0.25) is 0 Å². The van der Waals surface area contributed by atoms with Crippen molar-refractivity contribution >= 4 is 33.6 Å². The maximum absolute atomic E-state index is 13.9. The Morgan fingerprint density at radius 2 is 1.65 bits per heavy atom. The van der Waals surface area contributed by atoms with Crippen molar-refractivity contribution in [3.05, 3.63) is 47.3 Å². The monoisotopic (exact) mass is 665 g/mol. The maximum atomic E-state index is 13.9. The number of hydrogen-bond acceptors (Lipinski definition) is 9. The first-order valence-electron chi connectivity index (χ1n) is 15.1. The molecule has 250 valence electrons. The first-order valence-corrected chi connectivity index (χ1v) is 16.8. The van der Waals surface area contributed by atoms with Gasteiger partial charge in [0.15, 0.2) is 0 Å². The summed E-state index contributed by atoms with van der Waals surface area (Å²) in [7, 11) is -3.67. The van der Waals surface area contributed by atoms with E-state index in [2.05, 4.69) is 32.0 Å². The molecular weight excluding hydrogens is 627 g/mol. The highest BCUT2D eigenvalue weighted by molar-refractivity contribution is 7.89. The zero-order valence-corrected chi connectivity index (χ0v) is 26.0. The molecule has 2 aliphatic heterocycles. The highest BCUT2D eigenvalue weighted by Crippen LogP contribution is 2.34. The minimum Gasteiger partial charge on any atom is -0.356 e. The fourth-order valence-corrected chi connectivity index (χ4v) is 5.96. The van der Waals surface area contributed by atoms with Gasteiger partial charge in [0, 0.05) is 45.3 Å². The summed E-state index contributed by atoms with van der Waals surface area (Å²) in [5, 5.41) is 21.8. The van der Waals surface area contributed by atoms with Crippen molar-refractivity contribution in [3.63, 3.8) is 0 Å². The molecule has 3 amide bonds. The zero-order valence-electron chi connectivity index (χ0n) is 25.2. The predicted octanol–water partition coefficient (Wildman–Crippen LogP) is 1.89. The second-order valence-corrected chi connectivity index (χ2v) is 13.1. The van der Waals surface area contributed by atoms with Gasteiger partial charge in [-0.25, -0.2) is 28.3 Å². The van der Waals surface area contributed by atoms with Crippen LogP contribution in [0.3, 0.4) is 0 Å². The number of alkyl halides is 3. The summed E-state index contributed by atoms with van der Waals surface area (Å²) in [6.07, 6.45) is -1.14. The molecule has 4 rings (SSSR count). The van der Waals surface area contributed by atoms with Gasteiger partial charge < -0.3 is 25.8 Å². The molecule has 0 aliphatic carbocycles. The van der Waals surface area contributed by atoms with Crippen LogP contribution in [-0.4, -0.2) is 81.4 Å². The summed E-state index contributed by atoms with van der Waals surface area (Å²) in [6, 6.07) is 9.43. The van der Waals surface area contributed by atoms with Crippen LogP contribution in [0.15, 0.2) is 30.3 Å². The lowest BCUT2D eigenvalue weighted by atomic mass is 9.93. The lowest BCUT2D eigenvalue weighted by molar-refractivity contribution is -0.144. The van der Waals surface area contributed by atoms with Gasteiger partial charge in [0.1, 0.15) is 17.7 Å². The van der Waals surface area contributed by atoms with Gasteiger partial charge in [0.05, 0.1) is 17.4 Å². The Bertz CT molecular complexity index is 1510. The maximum Gasteiger partial charge on any atom is 0.451 e. The molecule has 13 nitrogen and oxygen atoms in total. The highest BCUT2D eigenvalue weighted by Gasteiger charge is 2.39. The molecule has 0 saturated carbocycles. The van der Waals surface area contributed by atoms with Crippen molar-refractivity contribution in [1.82, 2.24) is 25.9 Å². The topological polar surface area (TPSA) is 186 Å². The Morgan fingerprint density at radius 3 is 2.30 bits per heavy atom. The van der Waals surface area contributed by atoms with Crippen LogP contribution >= 0.6 is 0 Å². The van der Waals surface area contributed by atoms with Gasteiger partial charge in [-0.1, -0.05) is 12.1 Å². The average molecular weight is 666 g/mol. The van der Waals surface area contributed by atoms with Crippen molar-refractivity contribution < 1.29 is 31.2 Å². The van der Waals surface area contributed by atoms with Gasteiger partial charge >= 0.3 is 12.2 Å². The molecule has 17 heteroatoms. The van der Waals surface area contributed by atoms with Crippen molar-refractivity contribution in [2.24, 2.45) is 11.1 Å². The van der Waals surface area contributed by atoms with E-state index in [0.717, 1.165) is 5.56 Å². The third kappa shape index (κ3) is 10.2. The number of amides is 3. The first kappa shape index (κ1) is 34.7. The summed E-state index contributed by atoms with van der Waals surface area (Å²) in [5.41, 5.74) is 1.49. The number of nitriles is 1. The smallest absolute Gasteiger partial charge is 0.356 e. The highest BCUT2D eigenvalue weighted by atomic mass is 32.2. The zero-order chi connectivity index (χ0) is 33.3. The Morgan fingerprint density at radius 1 is 0.978 bits per heavy atom. The summed E-state index contributed by atoms with van der Waals surface area (Å²) >= 11 is 0. The predicted molar refractivity (Wildman–Crippen MR) is 164 cm³/mol. The lowest BCUT2D eigenvalue weighted by Crippen LogP contribution is -2.44. The van der Waals surface area contributed by atoms with Crippen molar-refractivity contribution in [3.8, 4) is 6.07 Å². The molecule has 1 atom stereocenters. The Labute approximate surface area is 265 Å². The molecule has 5 N–H and O–H groups in total. The Hall–Kier alpha value is -4.17. The van der Waals surface area contributed by atoms with Crippen molar-refractivity contribution in [2.45, 2.75) is 50.7 Å². The van der Waals surface area contributed by atoms with Gasteiger partial charge in [-0.2, -0.15) is 18.4 Å². The average Bonchev–Trinajstić information content (AvgIpc) is 3.51. The van der Waals surface area contributed by atoms with E-state index in [1.165, 1.54) is 6.07 Å². The number of rotatable bonds is 12. The molecule has 0 radical (unpaired) electrons. The van der Waals surface area contributed by atoms with E-state index in [-0.39, 0.29) is 35.8 Å². The summed E-state index contributed by atoms with van der Waals surface area (Å²) < 4.78 is 63.6. The molecule has 3 heterocycles. The van der Waals surface area contributed by atoms with Gasteiger partial charge in [-0.3, -0.25) is 4.79 Å². The van der Waals surface area contributed by atoms with E-state index in [1.807, 2.05) is 12.1 Å². The standard InChI is InChI=1S/C29H38F3N9O4S/c30-29(31,32)27-38-24(40-15-9-21(10-16-40)8-12-36-28(43)37-13-17-46(34,44)45)18-25(39-27)41-14-1-2-23(41)26(42)35-11-7-20-3-5-22(19-33)6-4-20/h3-6,18,21,23H,1-2,7-17H2,(H,35,42)(H2,34,44,45)(H2,36,37,43)/t23-/m0/s1. The Balaban J connectivity index is 1.33. The van der Waals surface area contributed by atoms with Crippen LogP contribution in [0, 0.1) is 17.2 Å². The van der Waals surface area contributed by atoms with Crippen LogP contribution < -0.4 is 30.9 Å². The van der Waals surface area contributed by atoms with Crippen LogP contribution in [0.1, 0.15) is 49.1 Å². The molecular formula is C29H38F3N9O4S. The molecule has 2 aliphatic rings. The number of halogens is 3. The SMILES string of the molecule is N#Cc1ccc(CCNC(=O)[C@@H]2CCCN2c2cc(N3CCC(CCNC(=O)NCCS(N)(=O)=O)CC3)nc(C(F)(F)F)n2)cc1. The third-order valence-corrected chi connectivity index (χ3v) is 8.82. The van der Waals surface area contributed by atoms with Crippen LogP contribution in [-0.2, 0) is 27.4 Å². The summed E-state index contributed by atoms with van der Waals surface area (Å²) in [4.78, 5) is 36.0. The van der Waals surface area contributed by atoms with Crippen molar-refractivity contribution in [1.29, 1.82) is 5.26 Å². The van der Waals surface area contributed by atoms with E-state index < -0.39 is 34.1 Å². The molecule has 0 bridgehead atoms. The minimum atomic E-state index is -4.78. The number of carbonyl (C=O) groups excluding carboxylic acids is 2. The number of primary sulfonamides is 1. The number of hydrogen-bond donors (Lipinski definition) is 4. The number of anilines is 2. The molecule has 1 aromatic carbocycles. The van der Waals surface area contributed by atoms with Crippen LogP contribution in [0.4, 0.5) is 29.6 Å². The number of aromatic nitrogens is 2. The number of benzene rings is 1. The van der Waals surface area contributed by atoms with E-state index in [1.54, 1.807) is 21.9 Å². The fraction of sp³-hybridized carbons (Fsp3) is 0.552. The van der Waals surface area contributed by atoms with Crippen LogP contribution in [0.5, 0.6) is 0 Å². The molecule has 0 spiro atoms. The first-order chi connectivity index (χ1) is 21.8. The number of sulfonamides is 1. The number of carbonyl (C=O) groups is 2. The van der Waals surface area contributed by atoms with E-state index in [4.69, 9.17) is 10.4 Å². The Kier molecular flexibility index (Phi) is 11.6. The number of nitrogens with zero attached hydrogens (tertiary/aromatic N) is 5. The van der Waals surface area contributed by atoms with Gasteiger partial charge in [-0.05, 0) is 62.1 Å². The second-order valence-electron chi connectivity index (χ2n) is 11.4. The second kappa shape index (κ2) is 15.4. The number of urea groups is 1. The molecule has 46 heavy (non-hydrogen) atoms. The van der Waals surface area contributed by atoms with E-state index in [9.17, 15) is 31.2 Å². The molecule has 1 aromatic heterocycles. The number of nitrogens with one attached hydrogen (secondary N) is 3. The number of piperidine rings is 1. The van der Waals surface area contributed by atoms with Gasteiger partial charge in [-0.15, -0.1) is 0 Å². The minimum absolute atomic E-state index is 0.0573. The largest absolute Gasteiger partial charge is 0.451 e. The third-order valence-electron chi connectivity index (χ3n) is 8.05. The van der Waals surface area contributed by atoms with Gasteiger partial charge in [0.25, 0.3) is 0 Å². The van der Waals surface area contributed by atoms with E-state index >= 15 is 0 Å². The van der Waals surface area contributed by atoms with Gasteiger partial charge in [0.2, 0.25) is 21.8 Å². The molecule has 2 fully saturated rings. The van der Waals surface area contributed by atoms with Crippen LogP contribution in [0.25, 0.3) is 0 Å². The molecule has 2 saturated heterocycles. The molecule has 2 aromatic rings. The molecule has 0 unspecified atom stereocenters. The van der Waals surface area contributed by atoms with E-state index in [0.29, 0.717) is 76.8 Å².